The van der Waals surface area contributed by atoms with Crippen LogP contribution < -0.4 is 0 Å². The summed E-state index contributed by atoms with van der Waals surface area (Å²) >= 11 is 0. The topological polar surface area (TPSA) is 83.7 Å². The van der Waals surface area contributed by atoms with E-state index in [1.807, 2.05) is 34.6 Å². The fourth-order valence-corrected chi connectivity index (χ4v) is 2.11. The van der Waals surface area contributed by atoms with Gasteiger partial charge in [0, 0.05) is 29.6 Å². The Hall–Kier alpha value is -2.11. The number of nitrogens with zero attached hydrogens (tertiary/aromatic N) is 2. The predicted octanol–water partition coefficient (Wildman–Crippen LogP) is 3.65. The Balaban J connectivity index is 3.04. The normalized spacial score (nSPS) is 12.0. The van der Waals surface area contributed by atoms with Gasteiger partial charge in [0.1, 0.15) is 0 Å². The van der Waals surface area contributed by atoms with E-state index in [0.717, 1.165) is 5.56 Å². The molecule has 0 unspecified atom stereocenters. The fraction of sp³-hybridized carbons (Fsp3) is 0.533. The minimum absolute atomic E-state index is 0.0282. The van der Waals surface area contributed by atoms with Crippen molar-refractivity contribution in [2.75, 3.05) is 6.54 Å². The average molecular weight is 294 g/mol. The standard InChI is InChI=1S/C15H22N2O4/c1-14(2,3)16(13(18)19)10-15(4,5)11-6-8-12(9-7-11)17(20)21/h6-9H,10H2,1-5H3,(H,18,19). The number of nitro benzene ring substituents is 1. The molecule has 0 saturated heterocycles. The van der Waals surface area contributed by atoms with Crippen molar-refractivity contribution >= 4 is 11.8 Å². The SMILES string of the molecule is CC(C)(CN(C(=O)O)C(C)(C)C)c1ccc([N+](=O)[O-])cc1. The summed E-state index contributed by atoms with van der Waals surface area (Å²) in [4.78, 5) is 23.0. The molecule has 0 aliphatic carbocycles. The van der Waals surface area contributed by atoms with Gasteiger partial charge < -0.3 is 10.0 Å². The van der Waals surface area contributed by atoms with Crippen molar-refractivity contribution in [3.8, 4) is 0 Å². The third-order valence-electron chi connectivity index (χ3n) is 3.45. The summed E-state index contributed by atoms with van der Waals surface area (Å²) < 4.78 is 0. The molecule has 0 aliphatic heterocycles. The van der Waals surface area contributed by atoms with Crippen molar-refractivity contribution in [1.29, 1.82) is 0 Å². The van der Waals surface area contributed by atoms with Crippen LogP contribution in [0.1, 0.15) is 40.2 Å². The maximum Gasteiger partial charge on any atom is 0.407 e. The first kappa shape index (κ1) is 16.9. The molecule has 1 amide bonds. The molecule has 0 fully saturated rings. The lowest BCUT2D eigenvalue weighted by Gasteiger charge is -2.39. The van der Waals surface area contributed by atoms with Crippen LogP contribution in [0, 0.1) is 10.1 Å². The molecule has 0 bridgehead atoms. The van der Waals surface area contributed by atoms with Crippen molar-refractivity contribution < 1.29 is 14.8 Å². The number of nitro groups is 1. The summed E-state index contributed by atoms with van der Waals surface area (Å²) in [6, 6.07) is 6.25. The molecule has 0 saturated carbocycles. The van der Waals surface area contributed by atoms with Gasteiger partial charge >= 0.3 is 6.09 Å². The van der Waals surface area contributed by atoms with Gasteiger partial charge in [-0.1, -0.05) is 26.0 Å². The Morgan fingerprint density at radius 3 is 2.00 bits per heavy atom. The molecule has 0 atom stereocenters. The predicted molar refractivity (Wildman–Crippen MR) is 80.6 cm³/mol. The Morgan fingerprint density at radius 2 is 1.67 bits per heavy atom. The van der Waals surface area contributed by atoms with E-state index in [4.69, 9.17) is 0 Å². The van der Waals surface area contributed by atoms with Crippen LogP contribution in [0.5, 0.6) is 0 Å². The van der Waals surface area contributed by atoms with Crippen LogP contribution in [-0.4, -0.2) is 33.1 Å². The maximum atomic E-state index is 11.4. The van der Waals surface area contributed by atoms with Crippen LogP contribution >= 0.6 is 0 Å². The van der Waals surface area contributed by atoms with E-state index in [-0.39, 0.29) is 5.69 Å². The number of hydrogen-bond acceptors (Lipinski definition) is 3. The van der Waals surface area contributed by atoms with E-state index in [0.29, 0.717) is 6.54 Å². The number of benzene rings is 1. The van der Waals surface area contributed by atoms with Crippen LogP contribution in [0.2, 0.25) is 0 Å². The van der Waals surface area contributed by atoms with Gasteiger partial charge in [-0.3, -0.25) is 10.1 Å². The van der Waals surface area contributed by atoms with Gasteiger partial charge in [-0.05, 0) is 26.3 Å². The second-order valence-corrected chi connectivity index (χ2v) is 6.73. The second kappa shape index (κ2) is 5.71. The molecule has 1 rings (SSSR count). The van der Waals surface area contributed by atoms with E-state index in [2.05, 4.69) is 0 Å². The number of non-ortho nitro benzene ring substituents is 1. The maximum absolute atomic E-state index is 11.4. The molecule has 0 heterocycles. The van der Waals surface area contributed by atoms with Crippen LogP contribution in [-0.2, 0) is 5.41 Å². The van der Waals surface area contributed by atoms with Crippen molar-refractivity contribution in [2.24, 2.45) is 0 Å². The van der Waals surface area contributed by atoms with E-state index in [1.165, 1.54) is 17.0 Å². The molecule has 1 aromatic rings. The van der Waals surface area contributed by atoms with Gasteiger partial charge in [0.2, 0.25) is 0 Å². The molecule has 0 aliphatic rings. The molecule has 0 aromatic heterocycles. The van der Waals surface area contributed by atoms with Gasteiger partial charge in [0.25, 0.3) is 5.69 Å². The van der Waals surface area contributed by atoms with Gasteiger partial charge in [-0.2, -0.15) is 0 Å². The summed E-state index contributed by atoms with van der Waals surface area (Å²) in [7, 11) is 0. The number of rotatable bonds is 4. The first-order valence-corrected chi connectivity index (χ1v) is 6.70. The Labute approximate surface area is 124 Å². The zero-order chi connectivity index (χ0) is 16.4. The molecule has 6 heteroatoms. The fourth-order valence-electron chi connectivity index (χ4n) is 2.11. The first-order valence-electron chi connectivity index (χ1n) is 6.70. The highest BCUT2D eigenvalue weighted by Gasteiger charge is 2.33. The van der Waals surface area contributed by atoms with Gasteiger partial charge in [0.05, 0.1) is 4.92 Å². The van der Waals surface area contributed by atoms with E-state index in [9.17, 15) is 20.0 Å². The van der Waals surface area contributed by atoms with Crippen molar-refractivity contribution in [2.45, 2.75) is 45.6 Å². The third-order valence-corrected chi connectivity index (χ3v) is 3.45. The van der Waals surface area contributed by atoms with Crippen molar-refractivity contribution in [3.63, 3.8) is 0 Å². The second-order valence-electron chi connectivity index (χ2n) is 6.73. The number of hydrogen-bond donors (Lipinski definition) is 1. The zero-order valence-corrected chi connectivity index (χ0v) is 13.1. The van der Waals surface area contributed by atoms with Crippen LogP contribution in [0.4, 0.5) is 10.5 Å². The zero-order valence-electron chi connectivity index (χ0n) is 13.1. The molecular weight excluding hydrogens is 272 g/mol. The van der Waals surface area contributed by atoms with Crippen molar-refractivity contribution in [1.82, 2.24) is 4.90 Å². The molecule has 0 spiro atoms. The highest BCUT2D eigenvalue weighted by Crippen LogP contribution is 2.29. The Morgan fingerprint density at radius 1 is 1.19 bits per heavy atom. The molecule has 0 radical (unpaired) electrons. The molecule has 116 valence electrons. The summed E-state index contributed by atoms with van der Waals surface area (Å²) in [6.07, 6.45) is -0.975. The molecular formula is C15H22N2O4. The Kier molecular flexibility index (Phi) is 4.61. The van der Waals surface area contributed by atoms with Crippen LogP contribution in [0.3, 0.4) is 0 Å². The summed E-state index contributed by atoms with van der Waals surface area (Å²) in [5.41, 5.74) is -0.0610. The molecule has 6 nitrogen and oxygen atoms in total. The lowest BCUT2D eigenvalue weighted by atomic mass is 9.83. The molecule has 21 heavy (non-hydrogen) atoms. The monoisotopic (exact) mass is 294 g/mol. The average Bonchev–Trinajstić information content (AvgIpc) is 2.34. The highest BCUT2D eigenvalue weighted by molar-refractivity contribution is 5.66. The lowest BCUT2D eigenvalue weighted by Crippen LogP contribution is -2.50. The Bertz CT molecular complexity index is 530. The van der Waals surface area contributed by atoms with Crippen molar-refractivity contribution in [3.05, 3.63) is 39.9 Å². The minimum atomic E-state index is -0.975. The third kappa shape index (κ3) is 4.18. The minimum Gasteiger partial charge on any atom is -0.465 e. The summed E-state index contributed by atoms with van der Waals surface area (Å²) in [5, 5.41) is 20.1. The van der Waals surface area contributed by atoms with E-state index in [1.54, 1.807) is 12.1 Å². The van der Waals surface area contributed by atoms with Gasteiger partial charge in [-0.15, -0.1) is 0 Å². The van der Waals surface area contributed by atoms with E-state index < -0.39 is 22.0 Å². The smallest absolute Gasteiger partial charge is 0.407 e. The highest BCUT2D eigenvalue weighted by atomic mass is 16.6. The quantitative estimate of drug-likeness (QED) is 0.678. The van der Waals surface area contributed by atoms with E-state index >= 15 is 0 Å². The first-order chi connectivity index (χ1) is 9.45. The summed E-state index contributed by atoms with van der Waals surface area (Å²) in [5.74, 6) is 0. The number of carboxylic acid groups (broad SMARTS) is 1. The van der Waals surface area contributed by atoms with Gasteiger partial charge in [0.15, 0.2) is 0 Å². The lowest BCUT2D eigenvalue weighted by molar-refractivity contribution is -0.384. The molecule has 1 N–H and O–H groups in total. The van der Waals surface area contributed by atoms with Crippen LogP contribution in [0.25, 0.3) is 0 Å². The largest absolute Gasteiger partial charge is 0.465 e. The van der Waals surface area contributed by atoms with Gasteiger partial charge in [-0.25, -0.2) is 4.79 Å². The number of amides is 1. The van der Waals surface area contributed by atoms with Crippen LogP contribution in [0.15, 0.2) is 24.3 Å². The molecule has 1 aromatic carbocycles. The summed E-state index contributed by atoms with van der Waals surface area (Å²) in [6.45, 7) is 9.68. The number of carbonyl (C=O) groups is 1.